The molecule has 1 saturated carbocycles. The zero-order valence-corrected chi connectivity index (χ0v) is 7.59. The number of hydrogen-bond donors (Lipinski definition) is 2. The zero-order valence-electron chi connectivity index (χ0n) is 7.59. The smallest absolute Gasteiger partial charge is 0.0423 e. The molecule has 0 radical (unpaired) electrons. The quantitative estimate of drug-likeness (QED) is 0.367. The number of allylic oxidation sites excluding steroid dienone is 1. The molecule has 0 heterocycles. The number of nitrogens with one attached hydrogen (secondary N) is 1. The SMILES string of the molecule is CC(C)=CC(NN)C1CC1C. The summed E-state index contributed by atoms with van der Waals surface area (Å²) in [6, 6.07) is 0.398. The summed E-state index contributed by atoms with van der Waals surface area (Å²) in [5.41, 5.74) is 4.19. The van der Waals surface area contributed by atoms with Gasteiger partial charge in [0.2, 0.25) is 0 Å². The molecule has 1 rings (SSSR count). The minimum absolute atomic E-state index is 0.398. The second kappa shape index (κ2) is 3.37. The Morgan fingerprint density at radius 3 is 2.45 bits per heavy atom. The maximum absolute atomic E-state index is 5.43. The maximum atomic E-state index is 5.43. The van der Waals surface area contributed by atoms with Gasteiger partial charge in [0.15, 0.2) is 0 Å². The summed E-state index contributed by atoms with van der Waals surface area (Å²) < 4.78 is 0. The van der Waals surface area contributed by atoms with Crippen LogP contribution in [0.2, 0.25) is 0 Å². The maximum Gasteiger partial charge on any atom is 0.0423 e. The minimum Gasteiger partial charge on any atom is -0.271 e. The van der Waals surface area contributed by atoms with Gasteiger partial charge in [-0.15, -0.1) is 0 Å². The van der Waals surface area contributed by atoms with Crippen LogP contribution in [0.25, 0.3) is 0 Å². The average Bonchev–Trinajstić information content (AvgIpc) is 2.61. The van der Waals surface area contributed by atoms with Crippen molar-refractivity contribution >= 4 is 0 Å². The van der Waals surface area contributed by atoms with E-state index in [-0.39, 0.29) is 0 Å². The van der Waals surface area contributed by atoms with Crippen LogP contribution in [-0.4, -0.2) is 6.04 Å². The number of nitrogens with two attached hydrogens (primary N) is 1. The van der Waals surface area contributed by atoms with E-state index in [0.717, 1.165) is 11.8 Å². The van der Waals surface area contributed by atoms with Crippen molar-refractivity contribution in [3.63, 3.8) is 0 Å². The summed E-state index contributed by atoms with van der Waals surface area (Å²) in [4.78, 5) is 0. The summed E-state index contributed by atoms with van der Waals surface area (Å²) >= 11 is 0. The van der Waals surface area contributed by atoms with E-state index in [9.17, 15) is 0 Å². The van der Waals surface area contributed by atoms with Gasteiger partial charge in [-0.05, 0) is 32.1 Å². The summed E-state index contributed by atoms with van der Waals surface area (Å²) in [6.07, 6.45) is 3.53. The summed E-state index contributed by atoms with van der Waals surface area (Å²) in [7, 11) is 0. The van der Waals surface area contributed by atoms with Crippen LogP contribution in [0.3, 0.4) is 0 Å². The average molecular weight is 154 g/mol. The third-order valence-electron chi connectivity index (χ3n) is 2.34. The first-order valence-corrected chi connectivity index (χ1v) is 4.26. The summed E-state index contributed by atoms with van der Waals surface area (Å²) in [6.45, 7) is 6.49. The molecule has 1 fully saturated rings. The van der Waals surface area contributed by atoms with Crippen LogP contribution in [0, 0.1) is 11.8 Å². The van der Waals surface area contributed by atoms with Crippen LogP contribution >= 0.6 is 0 Å². The fourth-order valence-electron chi connectivity index (χ4n) is 1.51. The molecule has 0 spiro atoms. The van der Waals surface area contributed by atoms with E-state index in [2.05, 4.69) is 32.3 Å². The van der Waals surface area contributed by atoms with Crippen LogP contribution in [0.5, 0.6) is 0 Å². The predicted molar refractivity (Wildman–Crippen MR) is 47.8 cm³/mol. The Morgan fingerprint density at radius 2 is 2.18 bits per heavy atom. The van der Waals surface area contributed by atoms with Crippen molar-refractivity contribution < 1.29 is 0 Å². The second-order valence-electron chi connectivity index (χ2n) is 3.81. The molecule has 2 nitrogen and oxygen atoms in total. The van der Waals surface area contributed by atoms with Crippen molar-refractivity contribution in [1.29, 1.82) is 0 Å². The van der Waals surface area contributed by atoms with Crippen molar-refractivity contribution in [2.75, 3.05) is 0 Å². The van der Waals surface area contributed by atoms with Crippen molar-refractivity contribution in [1.82, 2.24) is 5.43 Å². The van der Waals surface area contributed by atoms with E-state index in [1.807, 2.05) is 0 Å². The standard InChI is InChI=1S/C9H18N2/c1-6(2)4-9(11-10)8-5-7(8)3/h4,7-9,11H,5,10H2,1-3H3. The molecule has 3 N–H and O–H groups in total. The fraction of sp³-hybridized carbons (Fsp3) is 0.778. The molecule has 0 aromatic heterocycles. The largest absolute Gasteiger partial charge is 0.271 e. The Morgan fingerprint density at radius 1 is 1.64 bits per heavy atom. The van der Waals surface area contributed by atoms with Crippen molar-refractivity contribution in [2.24, 2.45) is 17.7 Å². The topological polar surface area (TPSA) is 38.0 Å². The normalized spacial score (nSPS) is 31.3. The van der Waals surface area contributed by atoms with Gasteiger partial charge in [0.1, 0.15) is 0 Å². The van der Waals surface area contributed by atoms with Crippen LogP contribution < -0.4 is 11.3 Å². The zero-order chi connectivity index (χ0) is 8.43. The molecule has 1 aliphatic rings. The lowest BCUT2D eigenvalue weighted by Crippen LogP contribution is -2.35. The summed E-state index contributed by atoms with van der Waals surface area (Å²) in [5, 5.41) is 0. The second-order valence-corrected chi connectivity index (χ2v) is 3.81. The molecule has 0 saturated heterocycles. The minimum atomic E-state index is 0.398. The molecule has 0 aromatic carbocycles. The lowest BCUT2D eigenvalue weighted by molar-refractivity contribution is 0.533. The van der Waals surface area contributed by atoms with Crippen molar-refractivity contribution in [3.8, 4) is 0 Å². The third kappa shape index (κ3) is 2.31. The lowest BCUT2D eigenvalue weighted by atomic mass is 10.1. The Labute approximate surface area is 68.8 Å². The van der Waals surface area contributed by atoms with Crippen LogP contribution in [0.15, 0.2) is 11.6 Å². The molecular formula is C9H18N2. The Hall–Kier alpha value is -0.340. The van der Waals surface area contributed by atoms with Crippen molar-refractivity contribution in [2.45, 2.75) is 33.2 Å². The first-order chi connectivity index (χ1) is 5.15. The highest BCUT2D eigenvalue weighted by molar-refractivity contribution is 5.07. The van der Waals surface area contributed by atoms with Crippen molar-refractivity contribution in [3.05, 3.63) is 11.6 Å². The van der Waals surface area contributed by atoms with Gasteiger partial charge in [0.25, 0.3) is 0 Å². The number of hydrazine groups is 1. The van der Waals surface area contributed by atoms with Gasteiger partial charge in [-0.1, -0.05) is 18.6 Å². The molecule has 3 unspecified atom stereocenters. The van der Waals surface area contributed by atoms with Crippen LogP contribution in [0.4, 0.5) is 0 Å². The Kier molecular flexibility index (Phi) is 2.68. The summed E-state index contributed by atoms with van der Waals surface area (Å²) in [5.74, 6) is 7.06. The van der Waals surface area contributed by atoms with Gasteiger partial charge < -0.3 is 0 Å². The van der Waals surface area contributed by atoms with E-state index in [4.69, 9.17) is 5.84 Å². The molecular weight excluding hydrogens is 136 g/mol. The molecule has 3 atom stereocenters. The van der Waals surface area contributed by atoms with Gasteiger partial charge in [-0.25, -0.2) is 0 Å². The first-order valence-electron chi connectivity index (χ1n) is 4.26. The molecule has 1 aliphatic carbocycles. The molecule has 11 heavy (non-hydrogen) atoms. The Balaban J connectivity index is 2.44. The number of rotatable bonds is 3. The highest BCUT2D eigenvalue weighted by atomic mass is 15.2. The van der Waals surface area contributed by atoms with Crippen LogP contribution in [-0.2, 0) is 0 Å². The molecule has 0 bridgehead atoms. The lowest BCUT2D eigenvalue weighted by Gasteiger charge is -2.10. The Bertz CT molecular complexity index is 159. The van der Waals surface area contributed by atoms with E-state index in [1.54, 1.807) is 0 Å². The van der Waals surface area contributed by atoms with Gasteiger partial charge in [0.05, 0.1) is 0 Å². The van der Waals surface area contributed by atoms with Gasteiger partial charge in [-0.2, -0.15) is 0 Å². The van der Waals surface area contributed by atoms with E-state index in [0.29, 0.717) is 6.04 Å². The first kappa shape index (κ1) is 8.75. The molecule has 0 amide bonds. The van der Waals surface area contributed by atoms with Gasteiger partial charge in [0, 0.05) is 6.04 Å². The van der Waals surface area contributed by atoms with Crippen LogP contribution in [0.1, 0.15) is 27.2 Å². The third-order valence-corrected chi connectivity index (χ3v) is 2.34. The molecule has 0 aromatic rings. The molecule has 2 heteroatoms. The molecule has 64 valence electrons. The molecule has 0 aliphatic heterocycles. The van der Waals surface area contributed by atoms with E-state index >= 15 is 0 Å². The predicted octanol–water partition coefficient (Wildman–Crippen LogP) is 1.44. The fourth-order valence-corrected chi connectivity index (χ4v) is 1.51. The van der Waals surface area contributed by atoms with E-state index < -0.39 is 0 Å². The highest BCUT2D eigenvalue weighted by Gasteiger charge is 2.37. The van der Waals surface area contributed by atoms with Gasteiger partial charge >= 0.3 is 0 Å². The monoisotopic (exact) mass is 154 g/mol. The van der Waals surface area contributed by atoms with Gasteiger partial charge in [-0.3, -0.25) is 11.3 Å². The highest BCUT2D eigenvalue weighted by Crippen LogP contribution is 2.40. The van der Waals surface area contributed by atoms with E-state index in [1.165, 1.54) is 12.0 Å². The number of hydrogen-bond acceptors (Lipinski definition) is 2.